The Morgan fingerprint density at radius 2 is 2.47 bits per heavy atom. The summed E-state index contributed by atoms with van der Waals surface area (Å²) in [6.07, 6.45) is 1.31. The van der Waals surface area contributed by atoms with Gasteiger partial charge in [-0.1, -0.05) is 6.07 Å². The van der Waals surface area contributed by atoms with E-state index in [1.165, 1.54) is 11.3 Å². The standard InChI is InChI=1S/C11H14FNOS/c1-11(12)5-3-6-13(8-11)10(14)9-4-2-7-15-9/h2,4,7H,3,5-6,8H2,1H3/t11-/m0/s1. The predicted octanol–water partition coefficient (Wildman–Crippen LogP) is 2.71. The SMILES string of the molecule is C[C@]1(F)CCCN(C(=O)c2cccs2)C1. The molecule has 0 aliphatic carbocycles. The van der Waals surface area contributed by atoms with Crippen LogP contribution < -0.4 is 0 Å². The molecule has 1 amide bonds. The minimum Gasteiger partial charge on any atom is -0.335 e. The first-order valence-corrected chi connectivity index (χ1v) is 5.98. The van der Waals surface area contributed by atoms with Crippen LogP contribution in [-0.4, -0.2) is 29.6 Å². The van der Waals surface area contributed by atoms with Gasteiger partial charge in [0.1, 0.15) is 5.67 Å². The number of rotatable bonds is 1. The van der Waals surface area contributed by atoms with Crippen LogP contribution in [-0.2, 0) is 0 Å². The normalized spacial score (nSPS) is 26.7. The number of hydrogen-bond acceptors (Lipinski definition) is 2. The van der Waals surface area contributed by atoms with Crippen molar-refractivity contribution >= 4 is 17.2 Å². The molecule has 1 aliphatic heterocycles. The number of carbonyl (C=O) groups is 1. The monoisotopic (exact) mass is 227 g/mol. The Labute approximate surface area is 92.7 Å². The lowest BCUT2D eigenvalue weighted by atomic mass is 9.97. The molecule has 0 bridgehead atoms. The van der Waals surface area contributed by atoms with Crippen molar-refractivity contribution in [3.05, 3.63) is 22.4 Å². The third-order valence-corrected chi connectivity index (χ3v) is 3.52. The van der Waals surface area contributed by atoms with E-state index in [2.05, 4.69) is 0 Å². The first-order valence-electron chi connectivity index (χ1n) is 5.10. The molecule has 1 saturated heterocycles. The maximum Gasteiger partial charge on any atom is 0.264 e. The zero-order valence-corrected chi connectivity index (χ0v) is 9.52. The van der Waals surface area contributed by atoms with E-state index >= 15 is 0 Å². The summed E-state index contributed by atoms with van der Waals surface area (Å²) < 4.78 is 13.7. The quantitative estimate of drug-likeness (QED) is 0.722. The fraction of sp³-hybridized carbons (Fsp3) is 0.545. The molecule has 2 rings (SSSR count). The van der Waals surface area contributed by atoms with Gasteiger partial charge in [0.15, 0.2) is 0 Å². The lowest BCUT2D eigenvalue weighted by molar-refractivity contribution is 0.0421. The second kappa shape index (κ2) is 3.93. The lowest BCUT2D eigenvalue weighted by Gasteiger charge is -2.34. The van der Waals surface area contributed by atoms with Crippen LogP contribution in [0.1, 0.15) is 29.4 Å². The highest BCUT2D eigenvalue weighted by molar-refractivity contribution is 7.12. The summed E-state index contributed by atoms with van der Waals surface area (Å²) in [6.45, 7) is 2.47. The van der Waals surface area contributed by atoms with Crippen molar-refractivity contribution in [2.24, 2.45) is 0 Å². The highest BCUT2D eigenvalue weighted by Crippen LogP contribution is 2.26. The number of hydrogen-bond donors (Lipinski definition) is 0. The smallest absolute Gasteiger partial charge is 0.264 e. The third-order valence-electron chi connectivity index (χ3n) is 2.67. The van der Waals surface area contributed by atoms with E-state index in [0.29, 0.717) is 17.8 Å². The third kappa shape index (κ3) is 2.37. The maximum atomic E-state index is 13.7. The number of nitrogens with zero attached hydrogens (tertiary/aromatic N) is 1. The number of carbonyl (C=O) groups excluding carboxylic acids is 1. The van der Waals surface area contributed by atoms with Gasteiger partial charge in [0.25, 0.3) is 5.91 Å². The molecule has 2 heterocycles. The minimum atomic E-state index is -1.22. The summed E-state index contributed by atoms with van der Waals surface area (Å²) in [5.74, 6) is -0.0337. The molecule has 0 unspecified atom stereocenters. The van der Waals surface area contributed by atoms with Crippen LogP contribution in [0.15, 0.2) is 17.5 Å². The second-order valence-electron chi connectivity index (χ2n) is 4.22. The zero-order chi connectivity index (χ0) is 10.9. The molecular formula is C11H14FNOS. The van der Waals surface area contributed by atoms with Crippen LogP contribution >= 0.6 is 11.3 Å². The average molecular weight is 227 g/mol. The fourth-order valence-corrected chi connectivity index (χ4v) is 2.61. The summed E-state index contributed by atoms with van der Waals surface area (Å²) in [6, 6.07) is 3.63. The minimum absolute atomic E-state index is 0.0337. The number of piperidine rings is 1. The van der Waals surface area contributed by atoms with E-state index in [1.54, 1.807) is 17.9 Å². The summed E-state index contributed by atoms with van der Waals surface area (Å²) in [5.41, 5.74) is -1.22. The molecule has 15 heavy (non-hydrogen) atoms. The predicted molar refractivity (Wildman–Crippen MR) is 59.0 cm³/mol. The number of thiophene rings is 1. The van der Waals surface area contributed by atoms with Gasteiger partial charge in [-0.05, 0) is 31.2 Å². The van der Waals surface area contributed by atoms with E-state index in [0.717, 1.165) is 6.42 Å². The van der Waals surface area contributed by atoms with Gasteiger partial charge in [-0.25, -0.2) is 4.39 Å². The van der Waals surface area contributed by atoms with Crippen LogP contribution in [0.4, 0.5) is 4.39 Å². The summed E-state index contributed by atoms with van der Waals surface area (Å²) in [7, 11) is 0. The van der Waals surface area contributed by atoms with Crippen molar-refractivity contribution < 1.29 is 9.18 Å². The van der Waals surface area contributed by atoms with Gasteiger partial charge in [-0.3, -0.25) is 4.79 Å². The van der Waals surface area contributed by atoms with Gasteiger partial charge in [-0.15, -0.1) is 11.3 Å². The molecule has 0 radical (unpaired) electrons. The van der Waals surface area contributed by atoms with Crippen molar-refractivity contribution in [3.63, 3.8) is 0 Å². The topological polar surface area (TPSA) is 20.3 Å². The summed E-state index contributed by atoms with van der Waals surface area (Å²) >= 11 is 1.41. The molecule has 1 atom stereocenters. The van der Waals surface area contributed by atoms with Crippen LogP contribution in [0.2, 0.25) is 0 Å². The van der Waals surface area contributed by atoms with Crippen LogP contribution in [0, 0.1) is 0 Å². The molecule has 2 nitrogen and oxygen atoms in total. The lowest BCUT2D eigenvalue weighted by Crippen LogP contribution is -2.46. The zero-order valence-electron chi connectivity index (χ0n) is 8.70. The summed E-state index contributed by atoms with van der Waals surface area (Å²) in [5, 5.41) is 1.87. The molecule has 1 fully saturated rings. The molecule has 1 aromatic rings. The van der Waals surface area contributed by atoms with E-state index < -0.39 is 5.67 Å². The number of alkyl halides is 1. The summed E-state index contributed by atoms with van der Waals surface area (Å²) in [4.78, 5) is 14.2. The first kappa shape index (κ1) is 10.6. The Morgan fingerprint density at radius 3 is 3.07 bits per heavy atom. The average Bonchev–Trinajstić information content (AvgIpc) is 2.67. The molecule has 0 N–H and O–H groups in total. The first-order chi connectivity index (χ1) is 7.08. The number of amides is 1. The molecule has 82 valence electrons. The Hall–Kier alpha value is -0.900. The van der Waals surface area contributed by atoms with E-state index in [1.807, 2.05) is 11.4 Å². The van der Waals surface area contributed by atoms with E-state index in [4.69, 9.17) is 0 Å². The molecule has 0 aromatic carbocycles. The number of halogens is 1. The Morgan fingerprint density at radius 1 is 1.67 bits per heavy atom. The number of likely N-dealkylation sites (tertiary alicyclic amines) is 1. The highest BCUT2D eigenvalue weighted by atomic mass is 32.1. The molecule has 1 aliphatic rings. The van der Waals surface area contributed by atoms with E-state index in [9.17, 15) is 9.18 Å². The molecule has 1 aromatic heterocycles. The molecule has 0 saturated carbocycles. The van der Waals surface area contributed by atoms with Gasteiger partial charge in [0.2, 0.25) is 0 Å². The Balaban J connectivity index is 2.08. The van der Waals surface area contributed by atoms with Crippen LogP contribution in [0.3, 0.4) is 0 Å². The van der Waals surface area contributed by atoms with E-state index in [-0.39, 0.29) is 12.5 Å². The molecule has 0 spiro atoms. The molecular weight excluding hydrogens is 213 g/mol. The van der Waals surface area contributed by atoms with Crippen molar-refractivity contribution in [3.8, 4) is 0 Å². The Kier molecular flexibility index (Phi) is 2.78. The highest BCUT2D eigenvalue weighted by Gasteiger charge is 2.33. The van der Waals surface area contributed by atoms with Crippen LogP contribution in [0.5, 0.6) is 0 Å². The second-order valence-corrected chi connectivity index (χ2v) is 5.17. The van der Waals surface area contributed by atoms with Crippen LogP contribution in [0.25, 0.3) is 0 Å². The van der Waals surface area contributed by atoms with Gasteiger partial charge < -0.3 is 4.90 Å². The van der Waals surface area contributed by atoms with Crippen molar-refractivity contribution in [1.29, 1.82) is 0 Å². The Bertz CT molecular complexity index is 347. The van der Waals surface area contributed by atoms with Gasteiger partial charge in [0, 0.05) is 6.54 Å². The fourth-order valence-electron chi connectivity index (χ4n) is 1.92. The van der Waals surface area contributed by atoms with Crippen molar-refractivity contribution in [2.75, 3.05) is 13.1 Å². The maximum absolute atomic E-state index is 13.7. The molecule has 4 heteroatoms. The van der Waals surface area contributed by atoms with Gasteiger partial charge in [0.05, 0.1) is 11.4 Å². The largest absolute Gasteiger partial charge is 0.335 e. The van der Waals surface area contributed by atoms with Crippen molar-refractivity contribution in [2.45, 2.75) is 25.4 Å². The van der Waals surface area contributed by atoms with Crippen molar-refractivity contribution in [1.82, 2.24) is 4.90 Å². The van der Waals surface area contributed by atoms with Gasteiger partial charge >= 0.3 is 0 Å². The van der Waals surface area contributed by atoms with Gasteiger partial charge in [-0.2, -0.15) is 0 Å².